The van der Waals surface area contributed by atoms with Gasteiger partial charge in [-0.2, -0.15) is 0 Å². The molecular weight excluding hydrogens is 351 g/mol. The fraction of sp³-hybridized carbons (Fsp3) is 0.250. The SMILES string of the molecule is CCOC(=O)c1ccccc1N(CCNC(=O)c1ccc(F)cc1)C(C)=O. The Balaban J connectivity index is 2.08. The molecule has 0 saturated carbocycles. The first-order valence-electron chi connectivity index (χ1n) is 8.52. The number of hydrogen-bond donors (Lipinski definition) is 1. The van der Waals surface area contributed by atoms with Crippen LogP contribution in [0.4, 0.5) is 10.1 Å². The molecule has 0 aliphatic carbocycles. The summed E-state index contributed by atoms with van der Waals surface area (Å²) in [6, 6.07) is 11.8. The molecule has 2 aromatic carbocycles. The van der Waals surface area contributed by atoms with E-state index in [4.69, 9.17) is 4.74 Å². The van der Waals surface area contributed by atoms with Crippen LogP contribution >= 0.6 is 0 Å². The van der Waals surface area contributed by atoms with Crippen LogP contribution in [0.1, 0.15) is 34.6 Å². The average molecular weight is 372 g/mol. The van der Waals surface area contributed by atoms with Gasteiger partial charge in [0.05, 0.1) is 17.9 Å². The molecule has 2 amide bonds. The van der Waals surface area contributed by atoms with Crippen LogP contribution < -0.4 is 10.2 Å². The Kier molecular flexibility index (Phi) is 7.05. The number of hydrogen-bond acceptors (Lipinski definition) is 4. The maximum Gasteiger partial charge on any atom is 0.340 e. The molecule has 0 aromatic heterocycles. The van der Waals surface area contributed by atoms with E-state index in [2.05, 4.69) is 5.32 Å². The highest BCUT2D eigenvalue weighted by Crippen LogP contribution is 2.21. The summed E-state index contributed by atoms with van der Waals surface area (Å²) in [6.07, 6.45) is 0. The predicted octanol–water partition coefficient (Wildman–Crippen LogP) is 2.79. The van der Waals surface area contributed by atoms with Gasteiger partial charge in [0.2, 0.25) is 5.91 Å². The quantitative estimate of drug-likeness (QED) is 0.759. The smallest absolute Gasteiger partial charge is 0.340 e. The zero-order valence-electron chi connectivity index (χ0n) is 15.2. The van der Waals surface area contributed by atoms with Crippen molar-refractivity contribution in [3.05, 3.63) is 65.5 Å². The number of benzene rings is 2. The third-order valence-electron chi connectivity index (χ3n) is 3.80. The Morgan fingerprint density at radius 1 is 1.07 bits per heavy atom. The second-order valence-electron chi connectivity index (χ2n) is 5.67. The number of nitrogens with one attached hydrogen (secondary N) is 1. The van der Waals surface area contributed by atoms with E-state index in [-0.39, 0.29) is 37.1 Å². The van der Waals surface area contributed by atoms with Crippen molar-refractivity contribution in [2.45, 2.75) is 13.8 Å². The number of anilines is 1. The molecule has 0 radical (unpaired) electrons. The summed E-state index contributed by atoms with van der Waals surface area (Å²) in [5, 5.41) is 2.68. The van der Waals surface area contributed by atoms with E-state index in [1.165, 1.54) is 36.1 Å². The van der Waals surface area contributed by atoms with Crippen molar-refractivity contribution in [2.24, 2.45) is 0 Å². The number of ether oxygens (including phenoxy) is 1. The van der Waals surface area contributed by atoms with Crippen molar-refractivity contribution in [3.63, 3.8) is 0 Å². The molecule has 0 unspecified atom stereocenters. The van der Waals surface area contributed by atoms with E-state index in [9.17, 15) is 18.8 Å². The number of carbonyl (C=O) groups is 3. The van der Waals surface area contributed by atoms with Gasteiger partial charge in [-0.15, -0.1) is 0 Å². The Bertz CT molecular complexity index is 821. The molecule has 0 saturated heterocycles. The van der Waals surface area contributed by atoms with Crippen LogP contribution in [0.5, 0.6) is 0 Å². The molecule has 0 fully saturated rings. The molecule has 0 atom stereocenters. The van der Waals surface area contributed by atoms with Crippen LogP contribution in [-0.4, -0.2) is 37.5 Å². The Morgan fingerprint density at radius 3 is 2.37 bits per heavy atom. The van der Waals surface area contributed by atoms with Crippen LogP contribution in [0.2, 0.25) is 0 Å². The Labute approximate surface area is 156 Å². The van der Waals surface area contributed by atoms with Gasteiger partial charge in [0.1, 0.15) is 5.82 Å². The Hall–Kier alpha value is -3.22. The lowest BCUT2D eigenvalue weighted by Gasteiger charge is -2.23. The molecule has 0 aliphatic rings. The topological polar surface area (TPSA) is 75.7 Å². The molecule has 2 rings (SSSR count). The van der Waals surface area contributed by atoms with Crippen molar-refractivity contribution >= 4 is 23.5 Å². The minimum atomic E-state index is -0.519. The lowest BCUT2D eigenvalue weighted by molar-refractivity contribution is -0.116. The molecule has 7 heteroatoms. The number of halogens is 1. The summed E-state index contributed by atoms with van der Waals surface area (Å²) in [5.41, 5.74) is 1.01. The van der Waals surface area contributed by atoms with Gasteiger partial charge in [-0.1, -0.05) is 12.1 Å². The van der Waals surface area contributed by atoms with E-state index < -0.39 is 11.8 Å². The summed E-state index contributed by atoms with van der Waals surface area (Å²) < 4.78 is 18.0. The highest BCUT2D eigenvalue weighted by atomic mass is 19.1. The molecule has 1 N–H and O–H groups in total. The van der Waals surface area contributed by atoms with Gasteiger partial charge in [-0.25, -0.2) is 9.18 Å². The van der Waals surface area contributed by atoms with Crippen molar-refractivity contribution in [2.75, 3.05) is 24.6 Å². The zero-order valence-corrected chi connectivity index (χ0v) is 15.2. The van der Waals surface area contributed by atoms with Crippen LogP contribution in [0.3, 0.4) is 0 Å². The van der Waals surface area contributed by atoms with Gasteiger partial charge >= 0.3 is 5.97 Å². The Morgan fingerprint density at radius 2 is 1.74 bits per heavy atom. The number of para-hydroxylation sites is 1. The van der Waals surface area contributed by atoms with E-state index in [0.717, 1.165) is 0 Å². The normalized spacial score (nSPS) is 10.2. The summed E-state index contributed by atoms with van der Waals surface area (Å²) in [5.74, 6) is -1.60. The van der Waals surface area contributed by atoms with Crippen LogP contribution in [0.15, 0.2) is 48.5 Å². The van der Waals surface area contributed by atoms with Crippen molar-refractivity contribution in [3.8, 4) is 0 Å². The van der Waals surface area contributed by atoms with Crippen molar-refractivity contribution in [1.29, 1.82) is 0 Å². The minimum absolute atomic E-state index is 0.160. The highest BCUT2D eigenvalue weighted by molar-refractivity contribution is 6.02. The highest BCUT2D eigenvalue weighted by Gasteiger charge is 2.20. The maximum atomic E-state index is 12.9. The van der Waals surface area contributed by atoms with Gasteiger partial charge < -0.3 is 15.0 Å². The average Bonchev–Trinajstić information content (AvgIpc) is 2.65. The molecule has 27 heavy (non-hydrogen) atoms. The summed E-state index contributed by atoms with van der Waals surface area (Å²) in [6.45, 7) is 3.63. The largest absolute Gasteiger partial charge is 0.462 e. The molecule has 6 nitrogen and oxygen atoms in total. The van der Waals surface area contributed by atoms with Gasteiger partial charge in [-0.05, 0) is 43.3 Å². The first-order valence-corrected chi connectivity index (χ1v) is 8.52. The molecular formula is C20H21FN2O4. The molecule has 0 heterocycles. The van der Waals surface area contributed by atoms with Gasteiger partial charge in [0, 0.05) is 25.6 Å². The second-order valence-corrected chi connectivity index (χ2v) is 5.67. The number of amides is 2. The van der Waals surface area contributed by atoms with Crippen LogP contribution in [-0.2, 0) is 9.53 Å². The maximum absolute atomic E-state index is 12.9. The molecule has 142 valence electrons. The second kappa shape index (κ2) is 9.47. The summed E-state index contributed by atoms with van der Waals surface area (Å²) in [7, 11) is 0. The lowest BCUT2D eigenvalue weighted by Crippen LogP contribution is -2.38. The standard InChI is InChI=1S/C20H21FN2O4/c1-3-27-20(26)17-6-4-5-7-18(17)23(14(2)24)13-12-22-19(25)15-8-10-16(21)11-9-15/h4-11H,3,12-13H2,1-2H3,(H,22,25). The number of carbonyl (C=O) groups excluding carboxylic acids is 3. The van der Waals surface area contributed by atoms with E-state index >= 15 is 0 Å². The van der Waals surface area contributed by atoms with Crippen molar-refractivity contribution in [1.82, 2.24) is 5.32 Å². The van der Waals surface area contributed by atoms with Gasteiger partial charge in [-0.3, -0.25) is 9.59 Å². The van der Waals surface area contributed by atoms with Crippen LogP contribution in [0.25, 0.3) is 0 Å². The molecule has 0 spiro atoms. The van der Waals surface area contributed by atoms with Gasteiger partial charge in [0.15, 0.2) is 0 Å². The first-order chi connectivity index (χ1) is 12.9. The minimum Gasteiger partial charge on any atom is -0.462 e. The fourth-order valence-corrected chi connectivity index (χ4v) is 2.52. The van der Waals surface area contributed by atoms with Gasteiger partial charge in [0.25, 0.3) is 5.91 Å². The summed E-state index contributed by atoms with van der Waals surface area (Å²) >= 11 is 0. The number of esters is 1. The molecule has 2 aromatic rings. The lowest BCUT2D eigenvalue weighted by atomic mass is 10.1. The number of nitrogens with zero attached hydrogens (tertiary/aromatic N) is 1. The third-order valence-corrected chi connectivity index (χ3v) is 3.80. The fourth-order valence-electron chi connectivity index (χ4n) is 2.52. The number of rotatable bonds is 7. The van der Waals surface area contributed by atoms with Crippen LogP contribution in [0, 0.1) is 5.82 Å². The monoisotopic (exact) mass is 372 g/mol. The van der Waals surface area contributed by atoms with E-state index in [1.807, 2.05) is 0 Å². The molecule has 0 aliphatic heterocycles. The molecule has 0 bridgehead atoms. The zero-order chi connectivity index (χ0) is 19.8. The van der Waals surface area contributed by atoms with Crippen molar-refractivity contribution < 1.29 is 23.5 Å². The van der Waals surface area contributed by atoms with E-state index in [1.54, 1.807) is 31.2 Å². The summed E-state index contributed by atoms with van der Waals surface area (Å²) in [4.78, 5) is 37.7. The van der Waals surface area contributed by atoms with E-state index in [0.29, 0.717) is 11.3 Å². The third kappa shape index (κ3) is 5.37. The first kappa shape index (κ1) is 20.1. The predicted molar refractivity (Wildman–Crippen MR) is 99.2 cm³/mol.